The van der Waals surface area contributed by atoms with Crippen molar-refractivity contribution in [3.8, 4) is 0 Å². The molecule has 1 saturated heterocycles. The van der Waals surface area contributed by atoms with Crippen LogP contribution in [-0.2, 0) is 19.3 Å². The lowest BCUT2D eigenvalue weighted by Gasteiger charge is -2.36. The Morgan fingerprint density at radius 3 is 2.39 bits per heavy atom. The normalized spacial score (nSPS) is 19.7. The van der Waals surface area contributed by atoms with Gasteiger partial charge in [-0.3, -0.25) is 0 Å². The molecule has 0 radical (unpaired) electrons. The number of ether oxygens (including phenoxy) is 1. The lowest BCUT2D eigenvalue weighted by Crippen LogP contribution is -2.40. The minimum atomic E-state index is -3.27. The van der Waals surface area contributed by atoms with Gasteiger partial charge >= 0.3 is 0 Å². The molecule has 0 spiro atoms. The highest BCUT2D eigenvalue weighted by Crippen LogP contribution is 2.40. The van der Waals surface area contributed by atoms with Crippen molar-refractivity contribution < 1.29 is 17.5 Å². The van der Waals surface area contributed by atoms with Crippen LogP contribution in [0.3, 0.4) is 0 Å². The monoisotopic (exact) mass is 272 g/mol. The molecule has 0 aliphatic carbocycles. The van der Waals surface area contributed by atoms with Crippen molar-refractivity contribution in [2.75, 3.05) is 19.5 Å². The Bertz CT molecular complexity index is 545. The van der Waals surface area contributed by atoms with E-state index in [2.05, 4.69) is 0 Å². The second-order valence-electron chi connectivity index (χ2n) is 4.84. The topological polar surface area (TPSA) is 43.4 Å². The van der Waals surface area contributed by atoms with Crippen LogP contribution in [-0.4, -0.2) is 27.9 Å². The van der Waals surface area contributed by atoms with Crippen molar-refractivity contribution >= 4 is 9.84 Å². The fraction of sp³-hybridized carbons (Fsp3) is 0.538. The fourth-order valence-corrected chi connectivity index (χ4v) is 3.97. The van der Waals surface area contributed by atoms with Gasteiger partial charge < -0.3 is 4.74 Å². The molecule has 0 atom stereocenters. The van der Waals surface area contributed by atoms with Crippen molar-refractivity contribution in [1.29, 1.82) is 0 Å². The van der Waals surface area contributed by atoms with Crippen molar-refractivity contribution in [3.05, 3.63) is 35.1 Å². The largest absolute Gasteiger partial charge is 0.381 e. The first-order chi connectivity index (χ1) is 8.37. The molecule has 1 aromatic carbocycles. The maximum Gasteiger partial charge on any atom is 0.157 e. The van der Waals surface area contributed by atoms with Crippen molar-refractivity contribution in [2.24, 2.45) is 0 Å². The second kappa shape index (κ2) is 4.63. The molecule has 1 aliphatic heterocycles. The van der Waals surface area contributed by atoms with Crippen molar-refractivity contribution in [1.82, 2.24) is 0 Å². The molecule has 3 nitrogen and oxygen atoms in total. The van der Waals surface area contributed by atoms with E-state index in [1.54, 1.807) is 19.1 Å². The molecule has 0 amide bonds. The van der Waals surface area contributed by atoms with E-state index >= 15 is 0 Å². The van der Waals surface area contributed by atoms with E-state index in [1.165, 1.54) is 12.3 Å². The van der Waals surface area contributed by atoms with Gasteiger partial charge in [-0.2, -0.15) is 0 Å². The Morgan fingerprint density at radius 1 is 1.28 bits per heavy atom. The van der Waals surface area contributed by atoms with Gasteiger partial charge in [0.05, 0.1) is 0 Å². The van der Waals surface area contributed by atoms with Gasteiger partial charge in [0.1, 0.15) is 10.6 Å². The van der Waals surface area contributed by atoms with Crippen LogP contribution in [0.1, 0.15) is 24.0 Å². The van der Waals surface area contributed by atoms with E-state index in [-0.39, 0.29) is 5.82 Å². The van der Waals surface area contributed by atoms with E-state index < -0.39 is 14.6 Å². The summed E-state index contributed by atoms with van der Waals surface area (Å²) >= 11 is 0. The minimum Gasteiger partial charge on any atom is -0.381 e. The summed E-state index contributed by atoms with van der Waals surface area (Å²) < 4.78 is 42.0. The molecule has 1 heterocycles. The summed E-state index contributed by atoms with van der Waals surface area (Å²) in [5.41, 5.74) is 1.15. The predicted molar refractivity (Wildman–Crippen MR) is 67.7 cm³/mol. The van der Waals surface area contributed by atoms with E-state index in [0.717, 1.165) is 0 Å². The van der Waals surface area contributed by atoms with Crippen LogP contribution < -0.4 is 0 Å². The highest BCUT2D eigenvalue weighted by Gasteiger charge is 2.43. The number of aryl methyl sites for hydroxylation is 1. The molecular formula is C13H17FO3S. The van der Waals surface area contributed by atoms with Crippen LogP contribution in [0.25, 0.3) is 0 Å². The second-order valence-corrected chi connectivity index (χ2v) is 7.17. The van der Waals surface area contributed by atoms with Crippen LogP contribution in [0.2, 0.25) is 0 Å². The first-order valence-electron chi connectivity index (χ1n) is 5.91. The molecule has 100 valence electrons. The average molecular weight is 272 g/mol. The lowest BCUT2D eigenvalue weighted by atomic mass is 9.89. The van der Waals surface area contributed by atoms with Crippen LogP contribution in [0, 0.1) is 12.7 Å². The summed E-state index contributed by atoms with van der Waals surface area (Å²) in [6.07, 6.45) is 2.10. The molecule has 0 saturated carbocycles. The standard InChI is InChI=1S/C13H17FO3S/c1-10-9-11(3-4-12(10)14)13(18(2,15)16)5-7-17-8-6-13/h3-4,9H,5-8H2,1-2H3. The summed E-state index contributed by atoms with van der Waals surface area (Å²) in [6.45, 7) is 2.49. The fourth-order valence-electron chi connectivity index (χ4n) is 2.50. The molecular weight excluding hydrogens is 255 g/mol. The summed E-state index contributed by atoms with van der Waals surface area (Å²) in [7, 11) is -3.27. The van der Waals surface area contributed by atoms with Crippen molar-refractivity contribution in [3.63, 3.8) is 0 Å². The predicted octanol–water partition coefficient (Wildman–Crippen LogP) is 2.18. The highest BCUT2D eigenvalue weighted by atomic mass is 32.2. The number of halogens is 1. The summed E-state index contributed by atoms with van der Waals surface area (Å²) in [6, 6.07) is 4.56. The third kappa shape index (κ3) is 2.17. The third-order valence-electron chi connectivity index (χ3n) is 3.69. The number of hydrogen-bond donors (Lipinski definition) is 0. The third-order valence-corrected chi connectivity index (χ3v) is 5.76. The number of rotatable bonds is 2. The van der Waals surface area contributed by atoms with Crippen LogP contribution in [0.5, 0.6) is 0 Å². The molecule has 18 heavy (non-hydrogen) atoms. The van der Waals surface area contributed by atoms with E-state index in [4.69, 9.17) is 4.74 Å². The van der Waals surface area contributed by atoms with Crippen molar-refractivity contribution in [2.45, 2.75) is 24.5 Å². The zero-order valence-electron chi connectivity index (χ0n) is 10.6. The van der Waals surface area contributed by atoms with Crippen LogP contribution in [0.4, 0.5) is 4.39 Å². The first-order valence-corrected chi connectivity index (χ1v) is 7.80. The molecule has 1 fully saturated rings. The maximum absolute atomic E-state index is 13.3. The zero-order valence-corrected chi connectivity index (χ0v) is 11.4. The zero-order chi connectivity index (χ0) is 13.4. The molecule has 1 aromatic rings. The Balaban J connectivity index is 2.56. The summed E-state index contributed by atoms with van der Waals surface area (Å²) in [5, 5.41) is 0. The van der Waals surface area contributed by atoms with Gasteiger partial charge in [0, 0.05) is 19.5 Å². The average Bonchev–Trinajstić information content (AvgIpc) is 2.32. The van der Waals surface area contributed by atoms with Gasteiger partial charge in [0.2, 0.25) is 0 Å². The van der Waals surface area contributed by atoms with Gasteiger partial charge in [-0.05, 0) is 37.0 Å². The maximum atomic E-state index is 13.3. The van der Waals surface area contributed by atoms with Gasteiger partial charge in [0.15, 0.2) is 9.84 Å². The van der Waals surface area contributed by atoms with E-state index in [1.807, 2.05) is 0 Å². The Hall–Kier alpha value is -0.940. The SMILES string of the molecule is Cc1cc(C2(S(C)(=O)=O)CCOCC2)ccc1F. The van der Waals surface area contributed by atoms with Crippen LogP contribution >= 0.6 is 0 Å². The number of benzene rings is 1. The molecule has 0 bridgehead atoms. The van der Waals surface area contributed by atoms with Gasteiger partial charge in [-0.25, -0.2) is 12.8 Å². The smallest absolute Gasteiger partial charge is 0.157 e. The van der Waals surface area contributed by atoms with Gasteiger partial charge in [0.25, 0.3) is 0 Å². The summed E-state index contributed by atoms with van der Waals surface area (Å²) in [5.74, 6) is -0.311. The van der Waals surface area contributed by atoms with E-state index in [9.17, 15) is 12.8 Å². The number of hydrogen-bond acceptors (Lipinski definition) is 3. The molecule has 5 heteroatoms. The molecule has 0 aromatic heterocycles. The molecule has 2 rings (SSSR count). The highest BCUT2D eigenvalue weighted by molar-refractivity contribution is 7.91. The number of sulfone groups is 1. The summed E-state index contributed by atoms with van der Waals surface area (Å²) in [4.78, 5) is 0. The Morgan fingerprint density at radius 2 is 1.89 bits per heavy atom. The van der Waals surface area contributed by atoms with E-state index in [0.29, 0.717) is 37.2 Å². The lowest BCUT2D eigenvalue weighted by molar-refractivity contribution is 0.0742. The first kappa shape index (κ1) is 13.5. The quantitative estimate of drug-likeness (QED) is 0.829. The molecule has 0 unspecified atom stereocenters. The van der Waals surface area contributed by atoms with Crippen LogP contribution in [0.15, 0.2) is 18.2 Å². The molecule has 0 N–H and O–H groups in total. The Labute approximate surface area is 107 Å². The molecule has 1 aliphatic rings. The van der Waals surface area contributed by atoms with Gasteiger partial charge in [-0.15, -0.1) is 0 Å². The Kier molecular flexibility index (Phi) is 3.47. The minimum absolute atomic E-state index is 0.311. The van der Waals surface area contributed by atoms with Gasteiger partial charge in [-0.1, -0.05) is 12.1 Å².